The molecule has 0 fully saturated rings. The Labute approximate surface area is 160 Å². The summed E-state index contributed by atoms with van der Waals surface area (Å²) in [5.74, 6) is -0.749. The molecule has 0 spiro atoms. The van der Waals surface area contributed by atoms with Crippen molar-refractivity contribution < 1.29 is 14.3 Å². The number of nitrogens with zero attached hydrogens (tertiary/aromatic N) is 2. The van der Waals surface area contributed by atoms with Gasteiger partial charge in [0.2, 0.25) is 0 Å². The molecule has 0 atom stereocenters. The van der Waals surface area contributed by atoms with E-state index in [1.54, 1.807) is 16.8 Å². The van der Waals surface area contributed by atoms with E-state index >= 15 is 0 Å². The van der Waals surface area contributed by atoms with Gasteiger partial charge in [0, 0.05) is 16.8 Å². The molecule has 2 aromatic carbocycles. The molecule has 0 unspecified atom stereocenters. The second-order valence-electron chi connectivity index (χ2n) is 5.77. The van der Waals surface area contributed by atoms with Crippen molar-refractivity contribution in [2.24, 2.45) is 0 Å². The summed E-state index contributed by atoms with van der Waals surface area (Å²) in [6.45, 7) is 1.35. The number of para-hydroxylation sites is 1. The van der Waals surface area contributed by atoms with Crippen molar-refractivity contribution >= 4 is 35.0 Å². The molecule has 8 heteroatoms. The minimum Gasteiger partial charge on any atom is -0.452 e. The molecule has 0 aliphatic rings. The summed E-state index contributed by atoms with van der Waals surface area (Å²) >= 11 is 5.86. The third-order valence-electron chi connectivity index (χ3n) is 3.67. The van der Waals surface area contributed by atoms with E-state index in [0.29, 0.717) is 10.8 Å². The lowest BCUT2D eigenvalue weighted by Gasteiger charge is -2.10. The molecule has 0 saturated heterocycles. The summed E-state index contributed by atoms with van der Waals surface area (Å²) in [5, 5.41) is 7.40. The Hall–Kier alpha value is -3.32. The lowest BCUT2D eigenvalue weighted by molar-refractivity contribution is -0.119. The number of halogens is 1. The zero-order chi connectivity index (χ0) is 19.4. The smallest absolute Gasteiger partial charge is 0.340 e. The minimum atomic E-state index is -0.724. The molecule has 1 heterocycles. The molecule has 0 aliphatic carbocycles. The largest absolute Gasteiger partial charge is 0.452 e. The number of rotatable bonds is 5. The highest BCUT2D eigenvalue weighted by atomic mass is 35.5. The molecule has 1 amide bonds. The zero-order valence-corrected chi connectivity index (χ0v) is 15.2. The maximum atomic E-state index is 12.2. The molecule has 7 nitrogen and oxygen atoms in total. The first kappa shape index (κ1) is 18.5. The molecule has 0 saturated carbocycles. The van der Waals surface area contributed by atoms with E-state index in [-0.39, 0.29) is 11.3 Å². The Morgan fingerprint density at radius 1 is 1.19 bits per heavy atom. The summed E-state index contributed by atoms with van der Waals surface area (Å²) in [6.07, 6.45) is 0. The van der Waals surface area contributed by atoms with Crippen molar-refractivity contribution in [1.82, 2.24) is 9.78 Å². The van der Waals surface area contributed by atoms with Crippen molar-refractivity contribution in [3.63, 3.8) is 0 Å². The van der Waals surface area contributed by atoms with Crippen LogP contribution in [-0.4, -0.2) is 28.3 Å². The van der Waals surface area contributed by atoms with Gasteiger partial charge >= 0.3 is 5.97 Å². The highest BCUT2D eigenvalue weighted by molar-refractivity contribution is 6.31. The van der Waals surface area contributed by atoms with E-state index < -0.39 is 18.5 Å². The molecule has 1 aromatic heterocycles. The van der Waals surface area contributed by atoms with Crippen LogP contribution < -0.4 is 11.1 Å². The highest BCUT2D eigenvalue weighted by Crippen LogP contribution is 2.19. The Bertz CT molecular complexity index is 986. The van der Waals surface area contributed by atoms with E-state index in [1.165, 1.54) is 12.1 Å². The van der Waals surface area contributed by atoms with Gasteiger partial charge in [-0.15, -0.1) is 0 Å². The number of nitrogen functional groups attached to an aromatic ring is 1. The van der Waals surface area contributed by atoms with Gasteiger partial charge in [0.25, 0.3) is 5.91 Å². The van der Waals surface area contributed by atoms with Gasteiger partial charge in [0.05, 0.1) is 16.9 Å². The van der Waals surface area contributed by atoms with Crippen LogP contribution in [-0.2, 0) is 9.53 Å². The highest BCUT2D eigenvalue weighted by Gasteiger charge is 2.16. The SMILES string of the molecule is Cc1cc(NC(=O)COC(=O)c2cc(Cl)ccc2N)n(-c2ccccc2)n1. The average Bonchev–Trinajstić information content (AvgIpc) is 3.02. The normalized spacial score (nSPS) is 10.4. The van der Waals surface area contributed by atoms with Gasteiger partial charge in [-0.2, -0.15) is 5.10 Å². The number of anilines is 2. The summed E-state index contributed by atoms with van der Waals surface area (Å²) in [5.41, 5.74) is 7.60. The molecule has 0 radical (unpaired) electrons. The standard InChI is InChI=1S/C19H17ClN4O3/c1-12-9-17(24(23-12)14-5-3-2-4-6-14)22-18(25)11-27-19(26)15-10-13(20)7-8-16(15)21/h2-10H,11,21H2,1H3,(H,22,25). The first-order valence-electron chi connectivity index (χ1n) is 8.08. The van der Waals surface area contributed by atoms with Crippen LogP contribution in [0, 0.1) is 6.92 Å². The van der Waals surface area contributed by atoms with Crippen molar-refractivity contribution in [1.29, 1.82) is 0 Å². The average molecular weight is 385 g/mol. The maximum Gasteiger partial charge on any atom is 0.340 e. The second kappa shape index (κ2) is 7.92. The monoisotopic (exact) mass is 384 g/mol. The summed E-state index contributed by atoms with van der Waals surface area (Å²) in [7, 11) is 0. The van der Waals surface area contributed by atoms with Gasteiger partial charge in [0.1, 0.15) is 5.82 Å². The fraction of sp³-hybridized carbons (Fsp3) is 0.105. The Morgan fingerprint density at radius 2 is 1.93 bits per heavy atom. The van der Waals surface area contributed by atoms with E-state index in [9.17, 15) is 9.59 Å². The van der Waals surface area contributed by atoms with Crippen LogP contribution >= 0.6 is 11.6 Å². The number of ether oxygens (including phenoxy) is 1. The van der Waals surface area contributed by atoms with Crippen LogP contribution in [0.15, 0.2) is 54.6 Å². The Balaban J connectivity index is 1.67. The summed E-state index contributed by atoms with van der Waals surface area (Å²) in [4.78, 5) is 24.3. The number of amides is 1. The quantitative estimate of drug-likeness (QED) is 0.519. The van der Waals surface area contributed by atoms with Crippen molar-refractivity contribution in [2.75, 3.05) is 17.7 Å². The Kier molecular flexibility index (Phi) is 5.42. The maximum absolute atomic E-state index is 12.2. The van der Waals surface area contributed by atoms with Crippen LogP contribution in [0.4, 0.5) is 11.5 Å². The number of carbonyl (C=O) groups excluding carboxylic acids is 2. The number of hydrogen-bond donors (Lipinski definition) is 2. The minimum absolute atomic E-state index is 0.112. The number of aromatic nitrogens is 2. The van der Waals surface area contributed by atoms with Crippen LogP contribution in [0.25, 0.3) is 5.69 Å². The predicted molar refractivity (Wildman–Crippen MR) is 103 cm³/mol. The van der Waals surface area contributed by atoms with Gasteiger partial charge < -0.3 is 15.8 Å². The fourth-order valence-corrected chi connectivity index (χ4v) is 2.62. The van der Waals surface area contributed by atoms with Gasteiger partial charge in [-0.1, -0.05) is 29.8 Å². The van der Waals surface area contributed by atoms with Gasteiger partial charge in [0.15, 0.2) is 6.61 Å². The number of nitrogens with one attached hydrogen (secondary N) is 1. The first-order valence-corrected chi connectivity index (χ1v) is 8.46. The zero-order valence-electron chi connectivity index (χ0n) is 14.5. The molecule has 138 valence electrons. The molecule has 3 rings (SSSR count). The second-order valence-corrected chi connectivity index (χ2v) is 6.21. The molecule has 3 N–H and O–H groups in total. The Morgan fingerprint density at radius 3 is 2.67 bits per heavy atom. The van der Waals surface area contributed by atoms with E-state index in [2.05, 4.69) is 10.4 Å². The molecular weight excluding hydrogens is 368 g/mol. The predicted octanol–water partition coefficient (Wildman–Crippen LogP) is 3.21. The third-order valence-corrected chi connectivity index (χ3v) is 3.90. The summed E-state index contributed by atoms with van der Waals surface area (Å²) in [6, 6.07) is 15.5. The lowest BCUT2D eigenvalue weighted by Crippen LogP contribution is -2.22. The molecular formula is C19H17ClN4O3. The topological polar surface area (TPSA) is 99.2 Å². The lowest BCUT2D eigenvalue weighted by atomic mass is 10.2. The van der Waals surface area contributed by atoms with E-state index in [0.717, 1.165) is 11.4 Å². The van der Waals surface area contributed by atoms with Crippen LogP contribution in [0.3, 0.4) is 0 Å². The number of esters is 1. The van der Waals surface area contributed by atoms with Crippen molar-refractivity contribution in [3.05, 3.63) is 70.9 Å². The molecule has 3 aromatic rings. The van der Waals surface area contributed by atoms with E-state index in [4.69, 9.17) is 22.1 Å². The number of benzene rings is 2. The van der Waals surface area contributed by atoms with Gasteiger partial charge in [-0.3, -0.25) is 4.79 Å². The van der Waals surface area contributed by atoms with Crippen molar-refractivity contribution in [3.8, 4) is 5.69 Å². The van der Waals surface area contributed by atoms with E-state index in [1.807, 2.05) is 37.3 Å². The summed E-state index contributed by atoms with van der Waals surface area (Å²) < 4.78 is 6.63. The third kappa shape index (κ3) is 4.45. The number of hydrogen-bond acceptors (Lipinski definition) is 5. The van der Waals surface area contributed by atoms with Gasteiger partial charge in [-0.25, -0.2) is 9.48 Å². The molecule has 0 aliphatic heterocycles. The van der Waals surface area contributed by atoms with Crippen LogP contribution in [0.5, 0.6) is 0 Å². The fourth-order valence-electron chi connectivity index (χ4n) is 2.45. The number of aryl methyl sites for hydroxylation is 1. The molecule has 27 heavy (non-hydrogen) atoms. The first-order chi connectivity index (χ1) is 12.9. The van der Waals surface area contributed by atoms with Gasteiger partial charge in [-0.05, 0) is 37.3 Å². The number of carbonyl (C=O) groups is 2. The van der Waals surface area contributed by atoms with Crippen molar-refractivity contribution in [2.45, 2.75) is 6.92 Å². The molecule has 0 bridgehead atoms. The number of nitrogens with two attached hydrogens (primary N) is 1. The van der Waals surface area contributed by atoms with Crippen LogP contribution in [0.2, 0.25) is 5.02 Å². The van der Waals surface area contributed by atoms with Crippen LogP contribution in [0.1, 0.15) is 16.1 Å².